The number of likely N-dealkylation sites (tertiary alicyclic amines) is 1. The molecule has 1 fully saturated rings. The lowest BCUT2D eigenvalue weighted by atomic mass is 9.86. The van der Waals surface area contributed by atoms with Crippen LogP contribution in [0.3, 0.4) is 0 Å². The van der Waals surface area contributed by atoms with Crippen molar-refractivity contribution in [1.29, 1.82) is 0 Å². The zero-order valence-corrected chi connectivity index (χ0v) is 20.2. The summed E-state index contributed by atoms with van der Waals surface area (Å²) in [6.45, 7) is 3.03. The SMILES string of the molecule is COc1cc(/C=C/CN2CCC(=C3c4ccccc4C=Cc4ccccc43)CC2)ccc1O.Cl. The number of halogens is 1. The van der Waals surface area contributed by atoms with Gasteiger partial charge in [-0.25, -0.2) is 0 Å². The number of phenolic OH excluding ortho intramolecular Hbond substituents is 1. The van der Waals surface area contributed by atoms with E-state index in [1.807, 2.05) is 12.1 Å². The second-order valence-corrected chi connectivity index (χ2v) is 8.62. The van der Waals surface area contributed by atoms with Crippen LogP contribution in [0.2, 0.25) is 0 Å². The Balaban J connectivity index is 0.00000274. The van der Waals surface area contributed by atoms with Crippen molar-refractivity contribution in [2.24, 2.45) is 0 Å². The van der Waals surface area contributed by atoms with Crippen molar-refractivity contribution >= 4 is 36.2 Å². The lowest BCUT2D eigenvalue weighted by Gasteiger charge is -2.29. The van der Waals surface area contributed by atoms with Crippen LogP contribution in [0.4, 0.5) is 0 Å². The highest BCUT2D eigenvalue weighted by molar-refractivity contribution is 5.94. The van der Waals surface area contributed by atoms with E-state index in [0.717, 1.165) is 38.0 Å². The van der Waals surface area contributed by atoms with E-state index in [1.165, 1.54) is 27.8 Å². The minimum atomic E-state index is 0. The fourth-order valence-corrected chi connectivity index (χ4v) is 4.84. The molecule has 0 unspecified atom stereocenters. The molecular formula is C30H30ClNO2. The summed E-state index contributed by atoms with van der Waals surface area (Å²) in [5.41, 5.74) is 9.31. The van der Waals surface area contributed by atoms with E-state index >= 15 is 0 Å². The number of fused-ring (bicyclic) bond motifs is 2. The number of phenols is 1. The first-order chi connectivity index (χ1) is 16.2. The van der Waals surface area contributed by atoms with Crippen LogP contribution >= 0.6 is 12.4 Å². The minimum Gasteiger partial charge on any atom is -0.504 e. The molecule has 0 radical (unpaired) electrons. The zero-order chi connectivity index (χ0) is 22.6. The molecular weight excluding hydrogens is 442 g/mol. The van der Waals surface area contributed by atoms with Gasteiger partial charge < -0.3 is 9.84 Å². The Bertz CT molecular complexity index is 1200. The molecule has 1 heterocycles. The maximum absolute atomic E-state index is 9.77. The molecule has 0 atom stereocenters. The maximum Gasteiger partial charge on any atom is 0.161 e. The average molecular weight is 472 g/mol. The summed E-state index contributed by atoms with van der Waals surface area (Å²) >= 11 is 0. The average Bonchev–Trinajstić information content (AvgIpc) is 3.02. The van der Waals surface area contributed by atoms with Crippen LogP contribution in [0.1, 0.15) is 40.7 Å². The normalized spacial score (nSPS) is 15.4. The quantitative estimate of drug-likeness (QED) is 0.350. The molecule has 5 rings (SSSR count). The van der Waals surface area contributed by atoms with Gasteiger partial charge in [-0.15, -0.1) is 12.4 Å². The number of hydrogen-bond acceptors (Lipinski definition) is 3. The molecule has 1 N–H and O–H groups in total. The fourth-order valence-electron chi connectivity index (χ4n) is 4.84. The molecule has 34 heavy (non-hydrogen) atoms. The van der Waals surface area contributed by atoms with Crippen LogP contribution in [0.15, 0.2) is 78.4 Å². The molecule has 0 saturated carbocycles. The highest BCUT2D eigenvalue weighted by Crippen LogP contribution is 2.38. The first-order valence-electron chi connectivity index (χ1n) is 11.6. The lowest BCUT2D eigenvalue weighted by molar-refractivity contribution is 0.284. The van der Waals surface area contributed by atoms with Gasteiger partial charge in [0.15, 0.2) is 11.5 Å². The van der Waals surface area contributed by atoms with Crippen LogP contribution in [-0.4, -0.2) is 36.8 Å². The van der Waals surface area contributed by atoms with Gasteiger partial charge in [0.2, 0.25) is 0 Å². The van der Waals surface area contributed by atoms with Crippen molar-refractivity contribution in [1.82, 2.24) is 4.90 Å². The van der Waals surface area contributed by atoms with Gasteiger partial charge >= 0.3 is 0 Å². The molecule has 3 aromatic carbocycles. The van der Waals surface area contributed by atoms with E-state index < -0.39 is 0 Å². The van der Waals surface area contributed by atoms with Crippen LogP contribution in [0.5, 0.6) is 11.5 Å². The maximum atomic E-state index is 9.77. The molecule has 4 heteroatoms. The zero-order valence-electron chi connectivity index (χ0n) is 19.4. The Labute approximate surface area is 208 Å². The summed E-state index contributed by atoms with van der Waals surface area (Å²) < 4.78 is 5.21. The first kappa shape index (κ1) is 23.9. The van der Waals surface area contributed by atoms with E-state index in [-0.39, 0.29) is 18.2 Å². The van der Waals surface area contributed by atoms with Gasteiger partial charge in [0.1, 0.15) is 0 Å². The summed E-state index contributed by atoms with van der Waals surface area (Å²) in [7, 11) is 1.57. The number of methoxy groups -OCH3 is 1. The lowest BCUT2D eigenvalue weighted by Crippen LogP contribution is -2.31. The van der Waals surface area contributed by atoms with Gasteiger partial charge in [0.05, 0.1) is 7.11 Å². The van der Waals surface area contributed by atoms with Crippen LogP contribution in [0.25, 0.3) is 23.8 Å². The van der Waals surface area contributed by atoms with Gasteiger partial charge in [-0.1, -0.05) is 84.5 Å². The molecule has 2 aliphatic rings. The third-order valence-electron chi connectivity index (χ3n) is 6.59. The Morgan fingerprint density at radius 3 is 2.12 bits per heavy atom. The number of rotatable bonds is 4. The summed E-state index contributed by atoms with van der Waals surface area (Å²) in [5.74, 6) is 0.674. The van der Waals surface area contributed by atoms with Gasteiger partial charge in [-0.05, 0) is 58.4 Å². The number of aromatic hydroxyl groups is 1. The smallest absolute Gasteiger partial charge is 0.161 e. The predicted molar refractivity (Wildman–Crippen MR) is 144 cm³/mol. The molecule has 1 aliphatic carbocycles. The third kappa shape index (κ3) is 4.96. The Morgan fingerprint density at radius 1 is 0.882 bits per heavy atom. The Hall–Kier alpha value is -3.27. The number of benzene rings is 3. The molecule has 1 aliphatic heterocycles. The Kier molecular flexibility index (Phi) is 7.56. The van der Waals surface area contributed by atoms with Gasteiger partial charge in [-0.2, -0.15) is 0 Å². The van der Waals surface area contributed by atoms with Crippen LogP contribution in [0, 0.1) is 0 Å². The Morgan fingerprint density at radius 2 is 1.50 bits per heavy atom. The van der Waals surface area contributed by atoms with E-state index in [0.29, 0.717) is 5.75 Å². The van der Waals surface area contributed by atoms with Crippen molar-refractivity contribution < 1.29 is 9.84 Å². The van der Waals surface area contributed by atoms with Crippen molar-refractivity contribution in [2.45, 2.75) is 12.8 Å². The summed E-state index contributed by atoms with van der Waals surface area (Å²) in [5, 5.41) is 9.77. The van der Waals surface area contributed by atoms with Crippen molar-refractivity contribution in [3.05, 3.63) is 106 Å². The van der Waals surface area contributed by atoms with Gasteiger partial charge in [0, 0.05) is 19.6 Å². The van der Waals surface area contributed by atoms with Crippen LogP contribution in [-0.2, 0) is 0 Å². The second kappa shape index (κ2) is 10.8. The largest absolute Gasteiger partial charge is 0.504 e. The van der Waals surface area contributed by atoms with E-state index in [2.05, 4.69) is 77.7 Å². The number of hydrogen-bond donors (Lipinski definition) is 1. The highest BCUT2D eigenvalue weighted by atomic mass is 35.5. The molecule has 1 saturated heterocycles. The topological polar surface area (TPSA) is 32.7 Å². The minimum absolute atomic E-state index is 0. The molecule has 0 aromatic heterocycles. The number of ether oxygens (including phenoxy) is 1. The number of nitrogens with zero attached hydrogens (tertiary/aromatic N) is 1. The van der Waals surface area contributed by atoms with Crippen molar-refractivity contribution in [3.8, 4) is 11.5 Å². The predicted octanol–water partition coefficient (Wildman–Crippen LogP) is 6.92. The van der Waals surface area contributed by atoms with Crippen molar-refractivity contribution in [3.63, 3.8) is 0 Å². The fraction of sp³-hybridized carbons (Fsp3) is 0.200. The first-order valence-corrected chi connectivity index (χ1v) is 11.6. The third-order valence-corrected chi connectivity index (χ3v) is 6.59. The standard InChI is InChI=1S/C30H29NO2.ClH/c1-33-29-21-22(12-15-28(29)32)7-6-18-31-19-16-25(17-20-31)30-26-10-4-2-8-23(26)13-14-24-9-3-5-11-27(24)30;/h2-15,21,32H,16-20H2,1H3;1H/b7-6+;. The molecule has 3 nitrogen and oxygen atoms in total. The molecule has 3 aromatic rings. The highest BCUT2D eigenvalue weighted by Gasteiger charge is 2.22. The van der Waals surface area contributed by atoms with Gasteiger partial charge in [0.25, 0.3) is 0 Å². The van der Waals surface area contributed by atoms with Crippen LogP contribution < -0.4 is 4.74 Å². The summed E-state index contributed by atoms with van der Waals surface area (Å²) in [4.78, 5) is 2.50. The van der Waals surface area contributed by atoms with Crippen molar-refractivity contribution in [2.75, 3.05) is 26.7 Å². The van der Waals surface area contributed by atoms with E-state index in [1.54, 1.807) is 18.7 Å². The summed E-state index contributed by atoms with van der Waals surface area (Å²) in [6, 6.07) is 23.0. The molecule has 0 spiro atoms. The van der Waals surface area contributed by atoms with Gasteiger partial charge in [-0.3, -0.25) is 4.90 Å². The van der Waals surface area contributed by atoms with E-state index in [4.69, 9.17) is 4.74 Å². The molecule has 174 valence electrons. The number of piperidine rings is 1. The monoisotopic (exact) mass is 471 g/mol. The van der Waals surface area contributed by atoms with E-state index in [9.17, 15) is 5.11 Å². The molecule has 0 amide bonds. The summed E-state index contributed by atoms with van der Waals surface area (Å²) in [6.07, 6.45) is 11.0. The molecule has 0 bridgehead atoms. The second-order valence-electron chi connectivity index (χ2n) is 8.62.